The molecule has 1 aliphatic rings. The van der Waals surface area contributed by atoms with Gasteiger partial charge in [0.05, 0.1) is 12.8 Å². The molecule has 0 fully saturated rings. The molecule has 0 aromatic heterocycles. The lowest BCUT2D eigenvalue weighted by Crippen LogP contribution is -2.33. The zero-order valence-electron chi connectivity index (χ0n) is 18.8. The number of carbonyl (C=O) groups excluding carboxylic acids is 3. The van der Waals surface area contributed by atoms with E-state index in [2.05, 4.69) is 10.6 Å². The van der Waals surface area contributed by atoms with Gasteiger partial charge in [0.1, 0.15) is 16.5 Å². The molecule has 0 unspecified atom stereocenters. The van der Waals surface area contributed by atoms with Crippen LogP contribution in [0.25, 0.3) is 0 Å². The molecule has 0 saturated heterocycles. The van der Waals surface area contributed by atoms with Gasteiger partial charge in [0.25, 0.3) is 17.7 Å². The first-order chi connectivity index (χ1) is 16.3. The molecule has 3 amide bonds. The number of amides is 3. The molecule has 0 radical (unpaired) electrons. The molecule has 172 valence electrons. The summed E-state index contributed by atoms with van der Waals surface area (Å²) >= 11 is 6.26. The van der Waals surface area contributed by atoms with E-state index in [-0.39, 0.29) is 16.6 Å². The van der Waals surface area contributed by atoms with Crippen LogP contribution in [0.15, 0.2) is 77.5 Å². The Hall–Kier alpha value is -4.10. The monoisotopic (exact) mass is 475 g/mol. The van der Waals surface area contributed by atoms with Crippen molar-refractivity contribution < 1.29 is 19.1 Å². The number of nitrogens with one attached hydrogen (secondary N) is 2. The molecule has 0 bridgehead atoms. The van der Waals surface area contributed by atoms with Crippen molar-refractivity contribution in [3.8, 4) is 5.75 Å². The van der Waals surface area contributed by atoms with Gasteiger partial charge in [-0.15, -0.1) is 0 Å². The SMILES string of the molecule is COc1cccc(NC(=O)c2cccc(NC3=C(Cl)C(=O)N(c4cccc(C)c4C)C3=O)c2)c1. The van der Waals surface area contributed by atoms with Crippen LogP contribution in [0.4, 0.5) is 17.1 Å². The molecule has 2 N–H and O–H groups in total. The van der Waals surface area contributed by atoms with Crippen LogP contribution >= 0.6 is 11.6 Å². The molecule has 3 aromatic carbocycles. The topological polar surface area (TPSA) is 87.7 Å². The normalized spacial score (nSPS) is 13.4. The number of ether oxygens (including phenoxy) is 1. The smallest absolute Gasteiger partial charge is 0.283 e. The quantitative estimate of drug-likeness (QED) is 0.490. The van der Waals surface area contributed by atoms with E-state index in [1.54, 1.807) is 67.8 Å². The first-order valence-corrected chi connectivity index (χ1v) is 10.8. The van der Waals surface area contributed by atoms with E-state index >= 15 is 0 Å². The van der Waals surface area contributed by atoms with Crippen molar-refractivity contribution >= 4 is 46.4 Å². The standard InChI is InChI=1S/C26H22ClN3O4/c1-15-7-4-12-21(16(15)2)30-25(32)22(27)23(26(30)33)28-18-9-5-8-17(13-18)24(31)29-19-10-6-11-20(14-19)34-3/h4-14,28H,1-3H3,(H,29,31). The van der Waals surface area contributed by atoms with Gasteiger partial charge in [-0.2, -0.15) is 0 Å². The van der Waals surface area contributed by atoms with E-state index in [1.165, 1.54) is 0 Å². The first kappa shape index (κ1) is 23.1. The minimum atomic E-state index is -0.602. The van der Waals surface area contributed by atoms with E-state index in [9.17, 15) is 14.4 Å². The van der Waals surface area contributed by atoms with Crippen LogP contribution in [-0.2, 0) is 9.59 Å². The second-order valence-corrected chi connectivity index (χ2v) is 8.12. The number of aryl methyl sites for hydroxylation is 1. The lowest BCUT2D eigenvalue weighted by Gasteiger charge is -2.18. The zero-order valence-corrected chi connectivity index (χ0v) is 19.6. The molecule has 3 aromatic rings. The number of nitrogens with zero attached hydrogens (tertiary/aromatic N) is 1. The van der Waals surface area contributed by atoms with Crippen LogP contribution in [0, 0.1) is 13.8 Å². The van der Waals surface area contributed by atoms with Gasteiger partial charge < -0.3 is 15.4 Å². The van der Waals surface area contributed by atoms with E-state index in [0.29, 0.717) is 28.4 Å². The summed E-state index contributed by atoms with van der Waals surface area (Å²) in [6.07, 6.45) is 0. The van der Waals surface area contributed by atoms with Crippen molar-refractivity contribution in [3.63, 3.8) is 0 Å². The summed E-state index contributed by atoms with van der Waals surface area (Å²) in [7, 11) is 1.55. The van der Waals surface area contributed by atoms with Crippen molar-refractivity contribution in [2.75, 3.05) is 22.6 Å². The van der Waals surface area contributed by atoms with Crippen LogP contribution in [0.3, 0.4) is 0 Å². The van der Waals surface area contributed by atoms with Crippen molar-refractivity contribution in [2.24, 2.45) is 0 Å². The third kappa shape index (κ3) is 4.38. The Balaban J connectivity index is 1.55. The average Bonchev–Trinajstić information content (AvgIpc) is 3.04. The van der Waals surface area contributed by atoms with Crippen LogP contribution in [0.5, 0.6) is 5.75 Å². The Morgan fingerprint density at radius 1 is 0.912 bits per heavy atom. The zero-order chi connectivity index (χ0) is 24.4. The number of hydrogen-bond donors (Lipinski definition) is 2. The highest BCUT2D eigenvalue weighted by Crippen LogP contribution is 2.33. The van der Waals surface area contributed by atoms with E-state index < -0.39 is 11.8 Å². The Labute approximate surface area is 202 Å². The number of carbonyl (C=O) groups is 3. The van der Waals surface area contributed by atoms with Gasteiger partial charge >= 0.3 is 0 Å². The molecule has 4 rings (SSSR count). The number of halogens is 1. The van der Waals surface area contributed by atoms with Gasteiger partial charge in [0.15, 0.2) is 0 Å². The van der Waals surface area contributed by atoms with Crippen molar-refractivity contribution in [1.82, 2.24) is 0 Å². The number of methoxy groups -OCH3 is 1. The number of rotatable bonds is 6. The molecule has 0 aliphatic carbocycles. The molecule has 8 heteroatoms. The van der Waals surface area contributed by atoms with Crippen LogP contribution < -0.4 is 20.3 Å². The molecule has 0 saturated carbocycles. The Kier molecular flexibility index (Phi) is 6.38. The summed E-state index contributed by atoms with van der Waals surface area (Å²) in [5.41, 5.74) is 3.57. The maximum Gasteiger partial charge on any atom is 0.283 e. The van der Waals surface area contributed by atoms with Crippen molar-refractivity contribution in [2.45, 2.75) is 13.8 Å². The van der Waals surface area contributed by atoms with Gasteiger partial charge in [-0.1, -0.05) is 35.9 Å². The highest BCUT2D eigenvalue weighted by Gasteiger charge is 2.39. The van der Waals surface area contributed by atoms with Crippen molar-refractivity contribution in [1.29, 1.82) is 0 Å². The van der Waals surface area contributed by atoms with E-state index in [4.69, 9.17) is 16.3 Å². The minimum absolute atomic E-state index is 0.0436. The molecule has 7 nitrogen and oxygen atoms in total. The maximum absolute atomic E-state index is 13.1. The molecular formula is C26H22ClN3O4. The number of hydrogen-bond acceptors (Lipinski definition) is 5. The van der Waals surface area contributed by atoms with E-state index in [1.807, 2.05) is 19.9 Å². The number of benzene rings is 3. The lowest BCUT2D eigenvalue weighted by molar-refractivity contribution is -0.120. The van der Waals surface area contributed by atoms with Gasteiger partial charge in [-0.3, -0.25) is 14.4 Å². The fourth-order valence-electron chi connectivity index (χ4n) is 3.59. The largest absolute Gasteiger partial charge is 0.497 e. The van der Waals surface area contributed by atoms with Crippen LogP contribution in [0.1, 0.15) is 21.5 Å². The summed E-state index contributed by atoms with van der Waals surface area (Å²) in [5.74, 6) is -0.889. The van der Waals surface area contributed by atoms with Crippen molar-refractivity contribution in [3.05, 3.63) is 94.1 Å². The van der Waals surface area contributed by atoms with Gasteiger partial charge in [-0.25, -0.2) is 4.90 Å². The molecule has 34 heavy (non-hydrogen) atoms. The second kappa shape index (κ2) is 9.41. The summed E-state index contributed by atoms with van der Waals surface area (Å²) in [6, 6.07) is 18.9. The number of anilines is 3. The van der Waals surface area contributed by atoms with Gasteiger partial charge in [0.2, 0.25) is 0 Å². The Morgan fingerprint density at radius 2 is 1.62 bits per heavy atom. The molecule has 0 atom stereocenters. The highest BCUT2D eigenvalue weighted by atomic mass is 35.5. The fraction of sp³-hybridized carbons (Fsp3) is 0.115. The summed E-state index contributed by atoms with van der Waals surface area (Å²) in [4.78, 5) is 39.7. The predicted octanol–water partition coefficient (Wildman–Crippen LogP) is 5.00. The third-order valence-corrected chi connectivity index (χ3v) is 5.92. The van der Waals surface area contributed by atoms with Crippen LogP contribution in [0.2, 0.25) is 0 Å². The lowest BCUT2D eigenvalue weighted by atomic mass is 10.1. The van der Waals surface area contributed by atoms with Gasteiger partial charge in [-0.05, 0) is 61.4 Å². The predicted molar refractivity (Wildman–Crippen MR) is 132 cm³/mol. The molecular weight excluding hydrogens is 454 g/mol. The average molecular weight is 476 g/mol. The van der Waals surface area contributed by atoms with Gasteiger partial charge in [0, 0.05) is 23.0 Å². The Morgan fingerprint density at radius 3 is 2.38 bits per heavy atom. The summed E-state index contributed by atoms with van der Waals surface area (Å²) < 4.78 is 5.18. The molecule has 1 heterocycles. The minimum Gasteiger partial charge on any atom is -0.497 e. The number of imide groups is 1. The summed E-state index contributed by atoms with van der Waals surface area (Å²) in [5, 5.41) is 5.51. The fourth-order valence-corrected chi connectivity index (χ4v) is 3.81. The highest BCUT2D eigenvalue weighted by molar-refractivity contribution is 6.53. The van der Waals surface area contributed by atoms with E-state index in [0.717, 1.165) is 16.0 Å². The molecule has 0 spiro atoms. The maximum atomic E-state index is 13.1. The summed E-state index contributed by atoms with van der Waals surface area (Å²) in [6.45, 7) is 3.75. The Bertz CT molecular complexity index is 1350. The first-order valence-electron chi connectivity index (χ1n) is 10.5. The third-order valence-electron chi connectivity index (χ3n) is 5.57. The van der Waals surface area contributed by atoms with Crippen LogP contribution in [-0.4, -0.2) is 24.8 Å². The molecule has 1 aliphatic heterocycles. The second-order valence-electron chi connectivity index (χ2n) is 7.75.